The Labute approximate surface area is 107 Å². The van der Waals surface area contributed by atoms with Gasteiger partial charge in [-0.3, -0.25) is 4.79 Å². The fourth-order valence-electron chi connectivity index (χ4n) is 2.27. The summed E-state index contributed by atoms with van der Waals surface area (Å²) in [6, 6.07) is 5.02. The van der Waals surface area contributed by atoms with Crippen LogP contribution in [-0.2, 0) is 0 Å². The Bertz CT molecular complexity index is 413. The Balaban J connectivity index is 2.14. The molecule has 0 aliphatic carbocycles. The smallest absolute Gasteiger partial charge is 0.253 e. The Morgan fingerprint density at radius 1 is 1.53 bits per heavy atom. The molecule has 1 heterocycles. The number of anilines is 1. The first-order valence-corrected chi connectivity index (χ1v) is 6.33. The van der Waals surface area contributed by atoms with Gasteiger partial charge < -0.3 is 10.6 Å². The molecule has 3 nitrogen and oxygen atoms in total. The van der Waals surface area contributed by atoms with Gasteiger partial charge >= 0.3 is 0 Å². The summed E-state index contributed by atoms with van der Waals surface area (Å²) >= 11 is 5.91. The van der Waals surface area contributed by atoms with Crippen molar-refractivity contribution in [2.24, 2.45) is 5.92 Å². The van der Waals surface area contributed by atoms with Gasteiger partial charge in [-0.1, -0.05) is 24.9 Å². The summed E-state index contributed by atoms with van der Waals surface area (Å²) in [5, 5.41) is 0.514. The summed E-state index contributed by atoms with van der Waals surface area (Å²) < 4.78 is 0. The van der Waals surface area contributed by atoms with E-state index >= 15 is 0 Å². The zero-order valence-electron chi connectivity index (χ0n) is 9.95. The highest BCUT2D eigenvalue weighted by Crippen LogP contribution is 2.23. The zero-order chi connectivity index (χ0) is 12.4. The predicted molar refractivity (Wildman–Crippen MR) is 70.2 cm³/mol. The third-order valence-corrected chi connectivity index (χ3v) is 3.54. The van der Waals surface area contributed by atoms with Crippen molar-refractivity contribution in [2.75, 3.05) is 18.8 Å². The molecule has 1 aliphatic rings. The molecule has 2 N–H and O–H groups in total. The van der Waals surface area contributed by atoms with Crippen LogP contribution in [0.3, 0.4) is 0 Å². The maximum atomic E-state index is 12.2. The second-order valence-corrected chi connectivity index (χ2v) is 5.02. The third kappa shape index (κ3) is 2.72. The van der Waals surface area contributed by atoms with Crippen LogP contribution in [-0.4, -0.2) is 23.9 Å². The fraction of sp³-hybridized carbons (Fsp3) is 0.462. The first-order valence-electron chi connectivity index (χ1n) is 5.95. The number of amides is 1. The van der Waals surface area contributed by atoms with Crippen molar-refractivity contribution in [1.82, 2.24) is 4.90 Å². The molecule has 0 saturated carbocycles. The van der Waals surface area contributed by atoms with Crippen LogP contribution in [0.1, 0.15) is 30.1 Å². The summed E-state index contributed by atoms with van der Waals surface area (Å²) in [7, 11) is 0. The van der Waals surface area contributed by atoms with Crippen molar-refractivity contribution in [1.29, 1.82) is 0 Å². The summed E-state index contributed by atoms with van der Waals surface area (Å²) in [6.45, 7) is 3.85. The number of nitrogens with two attached hydrogens (primary N) is 1. The molecule has 1 aromatic carbocycles. The van der Waals surface area contributed by atoms with Crippen molar-refractivity contribution < 1.29 is 4.79 Å². The predicted octanol–water partition coefficient (Wildman–Crippen LogP) is 2.79. The normalized spacial score (nSPS) is 19.6. The summed E-state index contributed by atoms with van der Waals surface area (Å²) in [5.41, 5.74) is 6.82. The number of halogens is 1. The van der Waals surface area contributed by atoms with Crippen LogP contribution in [0.2, 0.25) is 5.02 Å². The molecule has 0 radical (unpaired) electrons. The number of carbonyl (C=O) groups is 1. The molecule has 2 rings (SSSR count). The largest absolute Gasteiger partial charge is 0.399 e. The van der Waals surface area contributed by atoms with Gasteiger partial charge in [-0.2, -0.15) is 0 Å². The van der Waals surface area contributed by atoms with Gasteiger partial charge in [0, 0.05) is 29.4 Å². The van der Waals surface area contributed by atoms with Crippen LogP contribution in [0.5, 0.6) is 0 Å². The van der Waals surface area contributed by atoms with E-state index in [1.54, 1.807) is 18.2 Å². The number of hydrogen-bond donors (Lipinski definition) is 1. The Kier molecular flexibility index (Phi) is 3.57. The van der Waals surface area contributed by atoms with E-state index in [2.05, 4.69) is 6.92 Å². The molecular weight excluding hydrogens is 236 g/mol. The van der Waals surface area contributed by atoms with Crippen molar-refractivity contribution in [2.45, 2.75) is 19.8 Å². The molecular formula is C13H17ClN2O. The lowest BCUT2D eigenvalue weighted by molar-refractivity contribution is 0.0787. The first-order chi connectivity index (χ1) is 8.10. The second-order valence-electron chi connectivity index (χ2n) is 4.59. The Morgan fingerprint density at radius 3 is 2.88 bits per heavy atom. The van der Waals surface area contributed by atoms with Crippen LogP contribution in [0.4, 0.5) is 5.69 Å². The Hall–Kier alpha value is -1.22. The minimum atomic E-state index is 0.0372. The lowest BCUT2D eigenvalue weighted by Crippen LogP contribution is -2.28. The molecule has 1 amide bonds. The minimum absolute atomic E-state index is 0.0372. The van der Waals surface area contributed by atoms with Crippen LogP contribution < -0.4 is 5.73 Å². The van der Waals surface area contributed by atoms with Crippen molar-refractivity contribution in [3.8, 4) is 0 Å². The van der Waals surface area contributed by atoms with E-state index in [1.807, 2.05) is 4.90 Å². The van der Waals surface area contributed by atoms with Crippen LogP contribution in [0.15, 0.2) is 18.2 Å². The van der Waals surface area contributed by atoms with E-state index in [0.29, 0.717) is 22.2 Å². The topological polar surface area (TPSA) is 46.3 Å². The highest BCUT2D eigenvalue weighted by atomic mass is 35.5. The van der Waals surface area contributed by atoms with Crippen molar-refractivity contribution in [3.63, 3.8) is 0 Å². The third-order valence-electron chi connectivity index (χ3n) is 3.32. The standard InChI is InChI=1S/C13H17ClN2O/c1-2-9-3-4-16(8-9)13(17)10-5-11(14)7-12(15)6-10/h5-7,9H,2-4,8,15H2,1H3. The van der Waals surface area contributed by atoms with Crippen molar-refractivity contribution in [3.05, 3.63) is 28.8 Å². The average Bonchev–Trinajstić information content (AvgIpc) is 2.75. The molecule has 17 heavy (non-hydrogen) atoms. The summed E-state index contributed by atoms with van der Waals surface area (Å²) in [5.74, 6) is 0.672. The quantitative estimate of drug-likeness (QED) is 0.823. The highest BCUT2D eigenvalue weighted by Gasteiger charge is 2.25. The number of nitrogen functional groups attached to an aromatic ring is 1. The van der Waals surface area contributed by atoms with Crippen molar-refractivity contribution >= 4 is 23.2 Å². The van der Waals surface area contributed by atoms with E-state index in [1.165, 1.54) is 0 Å². The first kappa shape index (κ1) is 12.2. The van der Waals surface area contributed by atoms with Gasteiger partial charge in [0.1, 0.15) is 0 Å². The average molecular weight is 253 g/mol. The molecule has 0 aromatic heterocycles. The molecule has 0 bridgehead atoms. The molecule has 1 aliphatic heterocycles. The lowest BCUT2D eigenvalue weighted by atomic mass is 10.1. The van der Waals surface area contributed by atoms with Gasteiger partial charge in [-0.25, -0.2) is 0 Å². The number of rotatable bonds is 2. The number of likely N-dealkylation sites (tertiary alicyclic amines) is 1. The van der Waals surface area contributed by atoms with E-state index in [0.717, 1.165) is 25.9 Å². The fourth-order valence-corrected chi connectivity index (χ4v) is 2.51. The molecule has 0 spiro atoms. The highest BCUT2D eigenvalue weighted by molar-refractivity contribution is 6.31. The second kappa shape index (κ2) is 4.96. The molecule has 1 aromatic rings. The van der Waals surface area contributed by atoms with Crippen LogP contribution >= 0.6 is 11.6 Å². The van der Waals surface area contributed by atoms with E-state index in [4.69, 9.17) is 17.3 Å². The molecule has 1 unspecified atom stereocenters. The van der Waals surface area contributed by atoms with Gasteiger partial charge in [0.2, 0.25) is 0 Å². The van der Waals surface area contributed by atoms with Crippen LogP contribution in [0.25, 0.3) is 0 Å². The maximum absolute atomic E-state index is 12.2. The SMILES string of the molecule is CCC1CCN(C(=O)c2cc(N)cc(Cl)c2)C1. The Morgan fingerprint density at radius 2 is 2.29 bits per heavy atom. The van der Waals surface area contributed by atoms with E-state index < -0.39 is 0 Å². The lowest BCUT2D eigenvalue weighted by Gasteiger charge is -2.16. The van der Waals surface area contributed by atoms with Crippen LogP contribution in [0, 0.1) is 5.92 Å². The minimum Gasteiger partial charge on any atom is -0.399 e. The number of hydrogen-bond acceptors (Lipinski definition) is 2. The zero-order valence-corrected chi connectivity index (χ0v) is 10.7. The van der Waals surface area contributed by atoms with E-state index in [9.17, 15) is 4.79 Å². The monoisotopic (exact) mass is 252 g/mol. The summed E-state index contributed by atoms with van der Waals surface area (Å²) in [4.78, 5) is 14.1. The van der Waals surface area contributed by atoms with Gasteiger partial charge in [0.25, 0.3) is 5.91 Å². The van der Waals surface area contributed by atoms with Gasteiger partial charge in [-0.15, -0.1) is 0 Å². The molecule has 4 heteroatoms. The number of nitrogens with zero attached hydrogens (tertiary/aromatic N) is 1. The number of carbonyl (C=O) groups excluding carboxylic acids is 1. The maximum Gasteiger partial charge on any atom is 0.253 e. The molecule has 1 saturated heterocycles. The van der Waals surface area contributed by atoms with Gasteiger partial charge in [-0.05, 0) is 30.5 Å². The molecule has 92 valence electrons. The molecule has 1 fully saturated rings. The van der Waals surface area contributed by atoms with Gasteiger partial charge in [0.15, 0.2) is 0 Å². The summed E-state index contributed by atoms with van der Waals surface area (Å²) in [6.07, 6.45) is 2.22. The molecule has 1 atom stereocenters. The van der Waals surface area contributed by atoms with Gasteiger partial charge in [0.05, 0.1) is 0 Å². The van der Waals surface area contributed by atoms with E-state index in [-0.39, 0.29) is 5.91 Å². The number of benzene rings is 1.